The molecule has 0 spiro atoms. The lowest BCUT2D eigenvalue weighted by Gasteiger charge is -2.37. The Hall–Kier alpha value is -1.50. The predicted molar refractivity (Wildman–Crippen MR) is 95.6 cm³/mol. The maximum Gasteiger partial charge on any atom is 0.224 e. The molecule has 0 aromatic heterocycles. The van der Waals surface area contributed by atoms with Crippen molar-refractivity contribution in [1.29, 1.82) is 0 Å². The molecule has 138 valence electrons. The van der Waals surface area contributed by atoms with Crippen molar-refractivity contribution in [2.45, 2.75) is 19.3 Å². The van der Waals surface area contributed by atoms with E-state index in [1.165, 1.54) is 0 Å². The number of hydrogen-bond acceptors (Lipinski definition) is 5. The Balaban J connectivity index is 1.59. The third kappa shape index (κ3) is 4.57. The van der Waals surface area contributed by atoms with E-state index in [1.54, 1.807) is 13.2 Å². The van der Waals surface area contributed by atoms with Crippen molar-refractivity contribution in [3.05, 3.63) is 22.7 Å². The number of hydrogen-bond donors (Lipinski definition) is 2. The lowest BCUT2D eigenvalue weighted by Crippen LogP contribution is -2.47. The van der Waals surface area contributed by atoms with Gasteiger partial charge < -0.3 is 24.8 Å². The van der Waals surface area contributed by atoms with Crippen molar-refractivity contribution in [3.8, 4) is 11.5 Å². The SMILES string of the molecule is COCC1(CNC(=O)Cc2cc(Cl)c3c(c2)OCCO3)CCNCC1. The largest absolute Gasteiger partial charge is 0.486 e. The summed E-state index contributed by atoms with van der Waals surface area (Å²) in [5.41, 5.74) is 0.831. The van der Waals surface area contributed by atoms with Gasteiger partial charge in [0, 0.05) is 19.1 Å². The Bertz CT molecular complexity index is 612. The van der Waals surface area contributed by atoms with E-state index < -0.39 is 0 Å². The van der Waals surface area contributed by atoms with Crippen LogP contribution in [0, 0.1) is 5.41 Å². The third-order valence-corrected chi connectivity index (χ3v) is 5.08. The first kappa shape index (κ1) is 18.3. The van der Waals surface area contributed by atoms with Gasteiger partial charge in [-0.05, 0) is 43.6 Å². The van der Waals surface area contributed by atoms with Crippen molar-refractivity contribution in [3.63, 3.8) is 0 Å². The summed E-state index contributed by atoms with van der Waals surface area (Å²) in [4.78, 5) is 12.4. The van der Waals surface area contributed by atoms with Crippen LogP contribution in [0.4, 0.5) is 0 Å². The molecule has 3 rings (SSSR count). The lowest BCUT2D eigenvalue weighted by molar-refractivity contribution is -0.121. The molecule has 1 fully saturated rings. The zero-order valence-corrected chi connectivity index (χ0v) is 15.3. The maximum absolute atomic E-state index is 12.4. The van der Waals surface area contributed by atoms with Crippen molar-refractivity contribution < 1.29 is 19.0 Å². The van der Waals surface area contributed by atoms with Gasteiger partial charge in [0.2, 0.25) is 5.91 Å². The average Bonchev–Trinajstić information content (AvgIpc) is 2.61. The Labute approximate surface area is 153 Å². The molecular weight excluding hydrogens is 344 g/mol. The number of halogens is 1. The molecule has 1 amide bonds. The van der Waals surface area contributed by atoms with Crippen LogP contribution in [0.25, 0.3) is 0 Å². The highest BCUT2D eigenvalue weighted by Crippen LogP contribution is 2.38. The lowest BCUT2D eigenvalue weighted by atomic mass is 9.79. The van der Waals surface area contributed by atoms with Gasteiger partial charge in [-0.1, -0.05) is 11.6 Å². The molecule has 25 heavy (non-hydrogen) atoms. The molecule has 2 N–H and O–H groups in total. The minimum Gasteiger partial charge on any atom is -0.486 e. The fourth-order valence-corrected chi connectivity index (χ4v) is 3.72. The molecule has 0 aliphatic carbocycles. The van der Waals surface area contributed by atoms with Gasteiger partial charge in [0.15, 0.2) is 11.5 Å². The van der Waals surface area contributed by atoms with Crippen molar-refractivity contribution in [2.75, 3.05) is 46.6 Å². The number of methoxy groups -OCH3 is 1. The van der Waals surface area contributed by atoms with Gasteiger partial charge in [0.1, 0.15) is 13.2 Å². The normalized spacial score (nSPS) is 18.6. The number of carbonyl (C=O) groups excluding carboxylic acids is 1. The van der Waals surface area contributed by atoms with E-state index in [1.807, 2.05) is 6.07 Å². The van der Waals surface area contributed by atoms with Gasteiger partial charge in [-0.15, -0.1) is 0 Å². The molecule has 0 bridgehead atoms. The predicted octanol–water partition coefficient (Wildman–Crippen LogP) is 1.79. The first-order valence-electron chi connectivity index (χ1n) is 8.66. The standard InChI is InChI=1S/C18H25ClN2O4/c1-23-12-18(2-4-20-5-3-18)11-21-16(22)10-13-8-14(19)17-15(9-13)24-6-7-25-17/h8-9,20H,2-7,10-12H2,1H3,(H,21,22). The highest BCUT2D eigenvalue weighted by Gasteiger charge is 2.32. The van der Waals surface area contributed by atoms with Crippen LogP contribution < -0.4 is 20.1 Å². The molecule has 2 aliphatic heterocycles. The molecule has 2 aliphatic rings. The number of ether oxygens (including phenoxy) is 3. The summed E-state index contributed by atoms with van der Waals surface area (Å²) in [7, 11) is 1.71. The van der Waals surface area contributed by atoms with Crippen LogP contribution in [0.5, 0.6) is 11.5 Å². The number of nitrogens with one attached hydrogen (secondary N) is 2. The first-order valence-corrected chi connectivity index (χ1v) is 9.04. The smallest absolute Gasteiger partial charge is 0.224 e. The maximum atomic E-state index is 12.4. The molecule has 7 heteroatoms. The molecule has 1 aromatic rings. The second-order valence-corrected chi connectivity index (χ2v) is 7.15. The van der Waals surface area contributed by atoms with Crippen LogP contribution >= 0.6 is 11.6 Å². The number of piperidine rings is 1. The Kier molecular flexibility index (Phi) is 6.04. The van der Waals surface area contributed by atoms with Crippen LogP contribution in [-0.2, 0) is 16.0 Å². The fraction of sp³-hybridized carbons (Fsp3) is 0.611. The zero-order chi connectivity index (χ0) is 17.7. The van der Waals surface area contributed by atoms with Crippen LogP contribution in [-0.4, -0.2) is 52.5 Å². The highest BCUT2D eigenvalue weighted by atomic mass is 35.5. The van der Waals surface area contributed by atoms with Gasteiger partial charge in [0.05, 0.1) is 18.1 Å². The monoisotopic (exact) mass is 368 g/mol. The van der Waals surface area contributed by atoms with E-state index in [0.717, 1.165) is 31.5 Å². The molecule has 0 atom stereocenters. The van der Waals surface area contributed by atoms with E-state index in [-0.39, 0.29) is 17.7 Å². The zero-order valence-electron chi connectivity index (χ0n) is 14.5. The summed E-state index contributed by atoms with van der Waals surface area (Å²) < 4.78 is 16.5. The Morgan fingerprint density at radius 3 is 2.84 bits per heavy atom. The first-order chi connectivity index (χ1) is 12.1. The summed E-state index contributed by atoms with van der Waals surface area (Å²) in [5.74, 6) is 1.14. The third-order valence-electron chi connectivity index (χ3n) is 4.80. The minimum atomic E-state index is -0.0262. The second kappa shape index (κ2) is 8.25. The van der Waals surface area contributed by atoms with Crippen molar-refractivity contribution in [1.82, 2.24) is 10.6 Å². The van der Waals surface area contributed by atoms with Crippen LogP contribution in [0.2, 0.25) is 5.02 Å². The van der Waals surface area contributed by atoms with Crippen LogP contribution in [0.15, 0.2) is 12.1 Å². The van der Waals surface area contributed by atoms with Gasteiger partial charge >= 0.3 is 0 Å². The van der Waals surface area contributed by atoms with Gasteiger partial charge in [-0.25, -0.2) is 0 Å². The second-order valence-electron chi connectivity index (χ2n) is 6.74. The van der Waals surface area contributed by atoms with E-state index in [9.17, 15) is 4.79 Å². The number of rotatable bonds is 6. The highest BCUT2D eigenvalue weighted by molar-refractivity contribution is 6.32. The van der Waals surface area contributed by atoms with Crippen molar-refractivity contribution in [2.24, 2.45) is 5.41 Å². The summed E-state index contributed by atoms with van der Waals surface area (Å²) in [6.07, 6.45) is 2.26. The average molecular weight is 369 g/mol. The summed E-state index contributed by atoms with van der Waals surface area (Å²) >= 11 is 6.23. The summed E-state index contributed by atoms with van der Waals surface area (Å²) in [6, 6.07) is 3.60. The quantitative estimate of drug-likeness (QED) is 0.801. The Morgan fingerprint density at radius 2 is 2.08 bits per heavy atom. The molecule has 0 saturated carbocycles. The van der Waals surface area contributed by atoms with Crippen LogP contribution in [0.1, 0.15) is 18.4 Å². The van der Waals surface area contributed by atoms with E-state index in [2.05, 4.69) is 10.6 Å². The minimum absolute atomic E-state index is 0.0140. The number of benzene rings is 1. The van der Waals surface area contributed by atoms with Crippen LogP contribution in [0.3, 0.4) is 0 Å². The van der Waals surface area contributed by atoms with Gasteiger partial charge in [0.25, 0.3) is 0 Å². The fourth-order valence-electron chi connectivity index (χ4n) is 3.44. The van der Waals surface area contributed by atoms with Crippen molar-refractivity contribution >= 4 is 17.5 Å². The number of fused-ring (bicyclic) bond motifs is 1. The molecule has 6 nitrogen and oxygen atoms in total. The molecule has 0 unspecified atom stereocenters. The molecule has 1 aromatic carbocycles. The Morgan fingerprint density at radius 1 is 1.32 bits per heavy atom. The number of carbonyl (C=O) groups is 1. The van der Waals surface area contributed by atoms with E-state index >= 15 is 0 Å². The van der Waals surface area contributed by atoms with E-state index in [0.29, 0.717) is 42.9 Å². The van der Waals surface area contributed by atoms with E-state index in [4.69, 9.17) is 25.8 Å². The molecule has 1 saturated heterocycles. The molecular formula is C18H25ClN2O4. The topological polar surface area (TPSA) is 68.8 Å². The van der Waals surface area contributed by atoms with Gasteiger partial charge in [-0.3, -0.25) is 4.79 Å². The summed E-state index contributed by atoms with van der Waals surface area (Å²) in [6.45, 7) is 4.17. The molecule has 0 radical (unpaired) electrons. The molecule has 2 heterocycles. The number of amides is 1. The summed E-state index contributed by atoms with van der Waals surface area (Å²) in [5, 5.41) is 6.90. The van der Waals surface area contributed by atoms with Gasteiger partial charge in [-0.2, -0.15) is 0 Å².